The molecule has 1 aromatic heterocycles. The van der Waals surface area contributed by atoms with Crippen LogP contribution in [0.2, 0.25) is 0 Å². The van der Waals surface area contributed by atoms with Gasteiger partial charge in [-0.2, -0.15) is 5.10 Å². The lowest BCUT2D eigenvalue weighted by Crippen LogP contribution is -1.89. The summed E-state index contributed by atoms with van der Waals surface area (Å²) in [5.74, 6) is 0.0628. The first-order valence-electron chi connectivity index (χ1n) is 5.91. The van der Waals surface area contributed by atoms with E-state index in [0.717, 1.165) is 11.1 Å². The molecule has 19 heavy (non-hydrogen) atoms. The number of rotatable bonds is 2. The summed E-state index contributed by atoms with van der Waals surface area (Å²) in [5.41, 5.74) is 8.60. The molecule has 4 heteroatoms. The second-order valence-electron chi connectivity index (χ2n) is 4.20. The minimum Gasteiger partial charge on any atom is -0.382 e. The van der Waals surface area contributed by atoms with Crippen LogP contribution >= 0.6 is 0 Å². The molecule has 0 aliphatic heterocycles. The van der Waals surface area contributed by atoms with Crippen LogP contribution in [0, 0.1) is 5.82 Å². The summed E-state index contributed by atoms with van der Waals surface area (Å²) in [7, 11) is 0. The predicted molar refractivity (Wildman–Crippen MR) is 73.8 cm³/mol. The standard InChI is InChI=1S/C15H12FN3/c16-12-9-5-4-8-11(12)14-13(15(17)19-18-14)10-6-2-1-3-7-10/h1-9H,(H3,17,18,19). The lowest BCUT2D eigenvalue weighted by atomic mass is 10.0. The fourth-order valence-corrected chi connectivity index (χ4v) is 2.11. The Hall–Kier alpha value is -2.62. The molecule has 2 aromatic carbocycles. The Balaban J connectivity index is 2.23. The maximum atomic E-state index is 13.9. The lowest BCUT2D eigenvalue weighted by Gasteiger charge is -2.05. The van der Waals surface area contributed by atoms with Crippen molar-refractivity contribution in [3.63, 3.8) is 0 Å². The van der Waals surface area contributed by atoms with Crippen molar-refractivity contribution in [2.24, 2.45) is 0 Å². The van der Waals surface area contributed by atoms with Crippen molar-refractivity contribution in [2.45, 2.75) is 0 Å². The van der Waals surface area contributed by atoms with Gasteiger partial charge in [0.1, 0.15) is 5.82 Å². The highest BCUT2D eigenvalue weighted by Gasteiger charge is 2.16. The third-order valence-corrected chi connectivity index (χ3v) is 3.00. The Morgan fingerprint density at radius 3 is 2.37 bits per heavy atom. The maximum absolute atomic E-state index is 13.9. The number of aromatic nitrogens is 2. The molecule has 0 atom stereocenters. The van der Waals surface area contributed by atoms with Crippen molar-refractivity contribution < 1.29 is 4.39 Å². The number of H-pyrrole nitrogens is 1. The molecule has 0 saturated carbocycles. The monoisotopic (exact) mass is 253 g/mol. The minimum atomic E-state index is -0.302. The van der Waals surface area contributed by atoms with E-state index >= 15 is 0 Å². The summed E-state index contributed by atoms with van der Waals surface area (Å²) >= 11 is 0. The first-order chi connectivity index (χ1) is 9.27. The van der Waals surface area contributed by atoms with E-state index in [4.69, 9.17) is 5.73 Å². The first kappa shape index (κ1) is 11.5. The largest absolute Gasteiger partial charge is 0.382 e. The van der Waals surface area contributed by atoms with E-state index in [9.17, 15) is 4.39 Å². The predicted octanol–water partition coefficient (Wildman–Crippen LogP) is 3.47. The van der Waals surface area contributed by atoms with Crippen molar-refractivity contribution in [3.8, 4) is 22.4 Å². The highest BCUT2D eigenvalue weighted by molar-refractivity contribution is 5.87. The number of hydrogen-bond donors (Lipinski definition) is 2. The normalized spacial score (nSPS) is 10.6. The number of nitrogens with zero attached hydrogens (tertiary/aromatic N) is 1. The fraction of sp³-hybridized carbons (Fsp3) is 0. The Kier molecular flexibility index (Phi) is 2.76. The van der Waals surface area contributed by atoms with Crippen LogP contribution in [0.15, 0.2) is 54.6 Å². The molecule has 0 saturated heterocycles. The van der Waals surface area contributed by atoms with Crippen LogP contribution in [0.5, 0.6) is 0 Å². The van der Waals surface area contributed by atoms with E-state index in [0.29, 0.717) is 17.1 Å². The highest BCUT2D eigenvalue weighted by atomic mass is 19.1. The van der Waals surface area contributed by atoms with Gasteiger partial charge in [-0.1, -0.05) is 42.5 Å². The third-order valence-electron chi connectivity index (χ3n) is 3.00. The molecule has 3 N–H and O–H groups in total. The van der Waals surface area contributed by atoms with Gasteiger partial charge in [0.05, 0.1) is 11.3 Å². The van der Waals surface area contributed by atoms with E-state index in [2.05, 4.69) is 10.2 Å². The SMILES string of the molecule is Nc1n[nH]c(-c2ccccc2F)c1-c1ccccc1. The van der Waals surface area contributed by atoms with Gasteiger partial charge in [0.15, 0.2) is 5.82 Å². The number of halogens is 1. The molecule has 0 aliphatic carbocycles. The van der Waals surface area contributed by atoms with Gasteiger partial charge in [-0.3, -0.25) is 5.10 Å². The Morgan fingerprint density at radius 1 is 0.947 bits per heavy atom. The Labute approximate surface area is 109 Å². The van der Waals surface area contributed by atoms with E-state index < -0.39 is 0 Å². The summed E-state index contributed by atoms with van der Waals surface area (Å²) in [6.07, 6.45) is 0. The Bertz CT molecular complexity index is 704. The van der Waals surface area contributed by atoms with Crippen molar-refractivity contribution in [3.05, 3.63) is 60.4 Å². The zero-order valence-electron chi connectivity index (χ0n) is 10.1. The van der Waals surface area contributed by atoms with Crippen molar-refractivity contribution >= 4 is 5.82 Å². The molecular formula is C15H12FN3. The zero-order chi connectivity index (χ0) is 13.2. The number of benzene rings is 2. The van der Waals surface area contributed by atoms with Crippen molar-refractivity contribution in [2.75, 3.05) is 5.73 Å². The smallest absolute Gasteiger partial charge is 0.153 e. The number of hydrogen-bond acceptors (Lipinski definition) is 2. The van der Waals surface area contributed by atoms with Gasteiger partial charge in [-0.05, 0) is 17.7 Å². The Morgan fingerprint density at radius 2 is 1.63 bits per heavy atom. The van der Waals surface area contributed by atoms with E-state index in [1.165, 1.54) is 6.07 Å². The number of anilines is 1. The average molecular weight is 253 g/mol. The molecule has 0 bridgehead atoms. The van der Waals surface area contributed by atoms with Crippen LogP contribution < -0.4 is 5.73 Å². The fourth-order valence-electron chi connectivity index (χ4n) is 2.11. The highest BCUT2D eigenvalue weighted by Crippen LogP contribution is 2.35. The van der Waals surface area contributed by atoms with Gasteiger partial charge in [0.25, 0.3) is 0 Å². The van der Waals surface area contributed by atoms with E-state index in [1.807, 2.05) is 30.3 Å². The number of aromatic amines is 1. The van der Waals surface area contributed by atoms with Gasteiger partial charge in [-0.15, -0.1) is 0 Å². The zero-order valence-corrected chi connectivity index (χ0v) is 10.1. The number of nitrogen functional groups attached to an aromatic ring is 1. The summed E-state index contributed by atoms with van der Waals surface area (Å²) in [6.45, 7) is 0. The molecule has 0 aliphatic rings. The van der Waals surface area contributed by atoms with Crippen LogP contribution in [0.25, 0.3) is 22.4 Å². The number of nitrogens with two attached hydrogens (primary N) is 1. The topological polar surface area (TPSA) is 54.7 Å². The van der Waals surface area contributed by atoms with Crippen LogP contribution in [-0.2, 0) is 0 Å². The molecule has 3 rings (SSSR count). The molecule has 1 heterocycles. The van der Waals surface area contributed by atoms with Crippen molar-refractivity contribution in [1.82, 2.24) is 10.2 Å². The van der Waals surface area contributed by atoms with Crippen LogP contribution in [0.1, 0.15) is 0 Å². The van der Waals surface area contributed by atoms with Crippen molar-refractivity contribution in [1.29, 1.82) is 0 Å². The molecular weight excluding hydrogens is 241 g/mol. The van der Waals surface area contributed by atoms with E-state index in [-0.39, 0.29) is 5.82 Å². The molecule has 0 unspecified atom stereocenters. The molecule has 3 nitrogen and oxygen atoms in total. The van der Waals surface area contributed by atoms with Crippen LogP contribution in [0.3, 0.4) is 0 Å². The van der Waals surface area contributed by atoms with Gasteiger partial charge >= 0.3 is 0 Å². The second-order valence-corrected chi connectivity index (χ2v) is 4.20. The summed E-state index contributed by atoms with van der Waals surface area (Å²) in [4.78, 5) is 0. The average Bonchev–Trinajstić information content (AvgIpc) is 2.82. The molecule has 0 spiro atoms. The molecule has 0 fully saturated rings. The minimum absolute atomic E-state index is 0.302. The first-order valence-corrected chi connectivity index (χ1v) is 5.91. The van der Waals surface area contributed by atoms with Gasteiger partial charge in [0.2, 0.25) is 0 Å². The maximum Gasteiger partial charge on any atom is 0.153 e. The molecule has 3 aromatic rings. The van der Waals surface area contributed by atoms with Crippen LogP contribution in [0.4, 0.5) is 10.2 Å². The van der Waals surface area contributed by atoms with E-state index in [1.54, 1.807) is 18.2 Å². The summed E-state index contributed by atoms with van der Waals surface area (Å²) < 4.78 is 13.9. The lowest BCUT2D eigenvalue weighted by molar-refractivity contribution is 0.630. The van der Waals surface area contributed by atoms with Gasteiger partial charge in [0, 0.05) is 5.56 Å². The quantitative estimate of drug-likeness (QED) is 0.734. The molecule has 94 valence electrons. The van der Waals surface area contributed by atoms with Gasteiger partial charge < -0.3 is 5.73 Å². The summed E-state index contributed by atoms with van der Waals surface area (Å²) in [6, 6.07) is 16.1. The molecule has 0 amide bonds. The number of nitrogens with one attached hydrogen (secondary N) is 1. The van der Waals surface area contributed by atoms with Gasteiger partial charge in [-0.25, -0.2) is 4.39 Å². The molecule has 0 radical (unpaired) electrons. The van der Waals surface area contributed by atoms with Crippen LogP contribution in [-0.4, -0.2) is 10.2 Å². The third kappa shape index (κ3) is 1.97. The second kappa shape index (κ2) is 4.57. The summed E-state index contributed by atoms with van der Waals surface area (Å²) in [5, 5.41) is 6.81.